The van der Waals surface area contributed by atoms with Crippen molar-refractivity contribution in [1.29, 1.82) is 0 Å². The number of hydrogen-bond acceptors (Lipinski definition) is 6. The highest BCUT2D eigenvalue weighted by molar-refractivity contribution is 5.94. The average molecular weight is 661 g/mol. The van der Waals surface area contributed by atoms with Gasteiger partial charge in [0.05, 0.1) is 18.4 Å². The molecule has 1 atom stereocenters. The molecule has 0 spiro atoms. The Morgan fingerprint density at radius 1 is 0.857 bits per heavy atom. The number of aliphatic hydroxyl groups excluding tert-OH is 1. The van der Waals surface area contributed by atoms with Crippen LogP contribution >= 0.6 is 0 Å². The number of unbranched alkanes of at least 4 members (excludes halogenated alkanes) is 1. The van der Waals surface area contributed by atoms with Crippen LogP contribution in [-0.2, 0) is 11.8 Å². The van der Waals surface area contributed by atoms with E-state index < -0.39 is 0 Å². The smallest absolute Gasteiger partial charge is 0.251 e. The van der Waals surface area contributed by atoms with Crippen LogP contribution in [0, 0.1) is 5.92 Å². The predicted octanol–water partition coefficient (Wildman–Crippen LogP) is 9.22. The van der Waals surface area contributed by atoms with Crippen LogP contribution in [0.3, 0.4) is 0 Å². The molecule has 7 nitrogen and oxygen atoms in total. The molecule has 1 heterocycles. The molecule has 3 aromatic carbocycles. The number of amides is 1. The van der Waals surface area contributed by atoms with E-state index in [2.05, 4.69) is 68.4 Å². The third-order valence-corrected chi connectivity index (χ3v) is 8.44. The molecule has 0 unspecified atom stereocenters. The lowest BCUT2D eigenvalue weighted by atomic mass is 9.86. The Bertz CT molecular complexity index is 1650. The van der Waals surface area contributed by atoms with Crippen molar-refractivity contribution in [2.75, 3.05) is 13.2 Å². The Balaban J connectivity index is 1.39. The second-order valence-corrected chi connectivity index (χ2v) is 14.1. The Kier molecular flexibility index (Phi) is 13.2. The van der Waals surface area contributed by atoms with Crippen molar-refractivity contribution in [2.45, 2.75) is 78.2 Å². The second-order valence-electron chi connectivity index (χ2n) is 14.1. The Morgan fingerprint density at radius 2 is 1.49 bits per heavy atom. The van der Waals surface area contributed by atoms with E-state index in [-0.39, 0.29) is 23.1 Å². The summed E-state index contributed by atoms with van der Waals surface area (Å²) in [5.41, 5.74) is 6.29. The summed E-state index contributed by atoms with van der Waals surface area (Å²) in [5.74, 6) is 2.15. The van der Waals surface area contributed by atoms with Crippen LogP contribution in [0.25, 0.3) is 22.5 Å². The van der Waals surface area contributed by atoms with Crippen LogP contribution < -0.4 is 15.4 Å². The van der Waals surface area contributed by atoms with Gasteiger partial charge in [-0.15, -0.1) is 0 Å². The first-order chi connectivity index (χ1) is 23.4. The van der Waals surface area contributed by atoms with E-state index in [1.807, 2.05) is 85.2 Å². The number of hydrogen-bond donors (Lipinski definition) is 3. The third kappa shape index (κ3) is 11.6. The number of nitrogens with one attached hydrogen (secondary N) is 2. The number of carbonyl (C=O) groups excluding carboxylic acids is 1. The number of rotatable bonds is 17. The zero-order valence-corrected chi connectivity index (χ0v) is 29.8. The first kappa shape index (κ1) is 36.9. The van der Waals surface area contributed by atoms with Crippen molar-refractivity contribution in [3.8, 4) is 28.3 Å². The first-order valence-electron chi connectivity index (χ1n) is 17.2. The molecule has 3 N–H and O–H groups in total. The van der Waals surface area contributed by atoms with Crippen LogP contribution in [0.4, 0.5) is 0 Å². The summed E-state index contributed by atoms with van der Waals surface area (Å²) in [6.45, 7) is 19.9. The lowest BCUT2D eigenvalue weighted by Gasteiger charge is -2.23. The fourth-order valence-corrected chi connectivity index (χ4v) is 5.36. The van der Waals surface area contributed by atoms with Crippen LogP contribution in [0.2, 0.25) is 0 Å². The molecule has 0 aliphatic carbocycles. The van der Waals surface area contributed by atoms with E-state index in [9.17, 15) is 9.90 Å². The van der Waals surface area contributed by atoms with Crippen LogP contribution in [0.1, 0.15) is 81.8 Å². The zero-order valence-electron chi connectivity index (χ0n) is 29.8. The molecule has 4 rings (SSSR count). The predicted molar refractivity (Wildman–Crippen MR) is 201 cm³/mol. The summed E-state index contributed by atoms with van der Waals surface area (Å²) in [4.78, 5) is 22.6. The van der Waals surface area contributed by atoms with E-state index in [0.29, 0.717) is 36.5 Å². The lowest BCUT2D eigenvalue weighted by Crippen LogP contribution is -2.41. The van der Waals surface area contributed by atoms with Crippen molar-refractivity contribution in [2.24, 2.45) is 5.92 Å². The molecule has 0 aliphatic rings. The standard InChI is InChI=1S/C42H52N4O3/c1-29(2)10-8-9-25-49-38-21-17-33(18-22-38)36-27-44-40(45-28-36)34-13-11-32(12-14-34)26-39(31(4)43-24-23-30(3)47)46-41(48)35-15-19-37(20-16-35)42(5,6)7/h11-22,27-29,39,43,47H,3-4,8-10,23-26H2,1-2,5-7H3,(H,46,48)/t39-/m0/s1. The highest BCUT2D eigenvalue weighted by Gasteiger charge is 2.19. The Labute approximate surface area is 292 Å². The van der Waals surface area contributed by atoms with Gasteiger partial charge in [-0.2, -0.15) is 0 Å². The number of carbonyl (C=O) groups is 1. The van der Waals surface area contributed by atoms with Crippen molar-refractivity contribution in [3.63, 3.8) is 0 Å². The molecule has 0 bridgehead atoms. The molecule has 0 radical (unpaired) electrons. The van der Waals surface area contributed by atoms with E-state index >= 15 is 0 Å². The summed E-state index contributed by atoms with van der Waals surface area (Å²) in [5, 5.41) is 15.9. The zero-order chi connectivity index (χ0) is 35.4. The Hall–Kier alpha value is -4.91. The summed E-state index contributed by atoms with van der Waals surface area (Å²) in [6, 6.07) is 23.4. The molecule has 1 aromatic heterocycles. The number of nitrogens with zero attached hydrogens (tertiary/aromatic N) is 2. The molecule has 0 saturated carbocycles. The third-order valence-electron chi connectivity index (χ3n) is 8.44. The van der Waals surface area contributed by atoms with Gasteiger partial charge in [0, 0.05) is 47.7 Å². The van der Waals surface area contributed by atoms with Gasteiger partial charge in [-0.25, -0.2) is 9.97 Å². The average Bonchev–Trinajstić information content (AvgIpc) is 3.08. The minimum absolute atomic E-state index is 0.0000615. The van der Waals surface area contributed by atoms with Gasteiger partial charge in [0.25, 0.3) is 5.91 Å². The minimum atomic E-state index is -0.384. The molecule has 0 fully saturated rings. The highest BCUT2D eigenvalue weighted by atomic mass is 16.5. The summed E-state index contributed by atoms with van der Waals surface area (Å²) in [7, 11) is 0. The number of ether oxygens (including phenoxy) is 1. The quantitative estimate of drug-likeness (QED) is 0.0772. The SMILES string of the molecule is C=C(O)CCNC(=C)[C@H](Cc1ccc(-c2ncc(-c3ccc(OCCCCC(C)C)cc3)cn2)cc1)NC(=O)c1ccc(C(C)(C)C)cc1. The lowest BCUT2D eigenvalue weighted by molar-refractivity contribution is 0.0941. The van der Waals surface area contributed by atoms with Gasteiger partial charge in [-0.1, -0.05) is 103 Å². The van der Waals surface area contributed by atoms with E-state index in [0.717, 1.165) is 52.5 Å². The molecule has 0 aliphatic heterocycles. The summed E-state index contributed by atoms with van der Waals surface area (Å²) >= 11 is 0. The van der Waals surface area contributed by atoms with Crippen LogP contribution in [-0.4, -0.2) is 40.2 Å². The second kappa shape index (κ2) is 17.5. The highest BCUT2D eigenvalue weighted by Crippen LogP contribution is 2.25. The summed E-state index contributed by atoms with van der Waals surface area (Å²) < 4.78 is 5.91. The molecule has 258 valence electrons. The molecular formula is C42H52N4O3. The molecule has 49 heavy (non-hydrogen) atoms. The molecule has 4 aromatic rings. The molecule has 1 amide bonds. The van der Waals surface area contributed by atoms with Crippen LogP contribution in [0.5, 0.6) is 5.75 Å². The van der Waals surface area contributed by atoms with Crippen molar-refractivity contribution in [3.05, 3.63) is 126 Å². The van der Waals surface area contributed by atoms with E-state index in [1.165, 1.54) is 12.8 Å². The van der Waals surface area contributed by atoms with Gasteiger partial charge < -0.3 is 20.5 Å². The van der Waals surface area contributed by atoms with Gasteiger partial charge in [0.1, 0.15) is 5.75 Å². The van der Waals surface area contributed by atoms with Gasteiger partial charge in [-0.3, -0.25) is 4.79 Å². The van der Waals surface area contributed by atoms with Gasteiger partial charge >= 0.3 is 0 Å². The number of aliphatic hydroxyl groups is 1. The van der Waals surface area contributed by atoms with E-state index in [1.54, 1.807) is 0 Å². The molecule has 7 heteroatoms. The maximum atomic E-state index is 13.3. The van der Waals surface area contributed by atoms with Crippen LogP contribution in [0.15, 0.2) is 110 Å². The van der Waals surface area contributed by atoms with Gasteiger partial charge in [0.2, 0.25) is 0 Å². The molecule has 0 saturated heterocycles. The van der Waals surface area contributed by atoms with E-state index in [4.69, 9.17) is 4.74 Å². The fourth-order valence-electron chi connectivity index (χ4n) is 5.36. The topological polar surface area (TPSA) is 96.4 Å². The van der Waals surface area contributed by atoms with Crippen molar-refractivity contribution >= 4 is 5.91 Å². The van der Waals surface area contributed by atoms with Gasteiger partial charge in [-0.05, 0) is 71.6 Å². The monoisotopic (exact) mass is 660 g/mol. The Morgan fingerprint density at radius 3 is 2.08 bits per heavy atom. The molecular weight excluding hydrogens is 608 g/mol. The van der Waals surface area contributed by atoms with Crippen molar-refractivity contribution in [1.82, 2.24) is 20.6 Å². The largest absolute Gasteiger partial charge is 0.513 e. The summed E-state index contributed by atoms with van der Waals surface area (Å²) in [6.07, 6.45) is 8.08. The van der Waals surface area contributed by atoms with Crippen molar-refractivity contribution < 1.29 is 14.6 Å². The van der Waals surface area contributed by atoms with Gasteiger partial charge in [0.15, 0.2) is 5.82 Å². The minimum Gasteiger partial charge on any atom is -0.513 e. The fraction of sp³-hybridized carbons (Fsp3) is 0.357. The maximum absolute atomic E-state index is 13.3. The number of benzene rings is 3. The normalized spacial score (nSPS) is 12.0. The maximum Gasteiger partial charge on any atom is 0.251 e. The first-order valence-corrected chi connectivity index (χ1v) is 17.2. The number of aromatic nitrogens is 2.